The highest BCUT2D eigenvalue weighted by Crippen LogP contribution is 2.26. The molecule has 1 aromatic rings. The lowest BCUT2D eigenvalue weighted by atomic mass is 10.2. The highest BCUT2D eigenvalue weighted by molar-refractivity contribution is 9.09. The topological polar surface area (TPSA) is 9.23 Å². The maximum Gasteiger partial charge on any atom is 0.403 e. The Morgan fingerprint density at radius 2 is 1.88 bits per heavy atom. The number of hydrogen-bond donors (Lipinski definition) is 0. The first-order valence-electron chi connectivity index (χ1n) is 4.43. The molecule has 90 valence electrons. The lowest BCUT2D eigenvalue weighted by molar-refractivity contribution is -0.138. The quantitative estimate of drug-likeness (QED) is 0.609. The Labute approximate surface area is 98.5 Å². The Morgan fingerprint density at radius 3 is 2.44 bits per heavy atom. The van der Waals surface area contributed by atoms with Gasteiger partial charge < -0.3 is 4.74 Å². The van der Waals surface area contributed by atoms with Crippen LogP contribution in [0.4, 0.5) is 17.6 Å². The van der Waals surface area contributed by atoms with Crippen molar-refractivity contribution in [3.8, 4) is 0 Å². The molecule has 0 bridgehead atoms. The molecule has 1 atom stereocenters. The average Bonchev–Trinajstić information content (AvgIpc) is 2.19. The van der Waals surface area contributed by atoms with Crippen LogP contribution >= 0.6 is 15.9 Å². The normalized spacial score (nSPS) is 13.8. The van der Waals surface area contributed by atoms with Crippen molar-refractivity contribution < 1.29 is 22.3 Å². The molecule has 0 aliphatic rings. The van der Waals surface area contributed by atoms with Gasteiger partial charge in [0, 0.05) is 5.56 Å². The fourth-order valence-electron chi connectivity index (χ4n) is 0.982. The van der Waals surface area contributed by atoms with E-state index in [4.69, 9.17) is 4.74 Å². The monoisotopic (exact) mass is 300 g/mol. The van der Waals surface area contributed by atoms with Crippen LogP contribution < -0.4 is 0 Å². The molecule has 0 radical (unpaired) electrons. The highest BCUT2D eigenvalue weighted by Gasteiger charge is 2.37. The minimum Gasteiger partial charge on any atom is -0.375 e. The maximum absolute atomic E-state index is 13.0. The van der Waals surface area contributed by atoms with Crippen molar-refractivity contribution in [2.45, 2.75) is 17.6 Å². The Morgan fingerprint density at radius 1 is 1.25 bits per heavy atom. The Balaban J connectivity index is 2.40. The second-order valence-corrected chi connectivity index (χ2v) is 4.22. The third kappa shape index (κ3) is 4.09. The molecule has 0 fully saturated rings. The van der Waals surface area contributed by atoms with Crippen LogP contribution in [0.15, 0.2) is 24.3 Å². The summed E-state index contributed by atoms with van der Waals surface area (Å²) in [6.07, 6.45) is -4.35. The van der Waals surface area contributed by atoms with Gasteiger partial charge in [-0.2, -0.15) is 13.2 Å². The van der Waals surface area contributed by atoms with Crippen LogP contribution in [0, 0.1) is 5.82 Å². The summed E-state index contributed by atoms with van der Waals surface area (Å²) in [4.78, 5) is -1.73. The summed E-state index contributed by atoms with van der Waals surface area (Å²) >= 11 is 2.45. The number of hydrogen-bond acceptors (Lipinski definition) is 1. The number of halogens is 5. The van der Waals surface area contributed by atoms with Gasteiger partial charge in [0.25, 0.3) is 0 Å². The minimum atomic E-state index is -4.35. The molecule has 0 aliphatic carbocycles. The summed E-state index contributed by atoms with van der Waals surface area (Å²) in [6, 6.07) is 5.79. The molecule has 0 N–H and O–H groups in total. The average molecular weight is 301 g/mol. The lowest BCUT2D eigenvalue weighted by Crippen LogP contribution is -2.27. The van der Waals surface area contributed by atoms with Crippen LogP contribution in [0.3, 0.4) is 0 Å². The van der Waals surface area contributed by atoms with E-state index in [1.54, 1.807) is 6.07 Å². The van der Waals surface area contributed by atoms with Crippen LogP contribution in [0.1, 0.15) is 5.56 Å². The molecule has 0 saturated heterocycles. The third-order valence-corrected chi connectivity index (χ3v) is 2.62. The predicted molar refractivity (Wildman–Crippen MR) is 54.8 cm³/mol. The molecule has 6 heteroatoms. The van der Waals surface area contributed by atoms with Gasteiger partial charge in [-0.25, -0.2) is 4.39 Å². The van der Waals surface area contributed by atoms with Gasteiger partial charge in [-0.1, -0.05) is 34.1 Å². The van der Waals surface area contributed by atoms with Crippen LogP contribution in [0.25, 0.3) is 0 Å². The molecule has 0 heterocycles. The molecule has 0 aliphatic heterocycles. The van der Waals surface area contributed by atoms with E-state index in [-0.39, 0.29) is 12.2 Å². The fraction of sp³-hybridized carbons (Fsp3) is 0.400. The van der Waals surface area contributed by atoms with Gasteiger partial charge >= 0.3 is 6.18 Å². The number of alkyl halides is 4. The van der Waals surface area contributed by atoms with E-state index in [1.165, 1.54) is 18.2 Å². The SMILES string of the molecule is Fc1ccccc1COCC(Br)C(F)(F)F. The summed E-state index contributed by atoms with van der Waals surface area (Å²) in [5.74, 6) is -0.486. The van der Waals surface area contributed by atoms with E-state index < -0.39 is 23.4 Å². The van der Waals surface area contributed by atoms with Crippen molar-refractivity contribution in [2.75, 3.05) is 6.61 Å². The Bertz CT molecular complexity index is 340. The second-order valence-electron chi connectivity index (χ2n) is 3.12. The zero-order valence-electron chi connectivity index (χ0n) is 8.10. The summed E-state index contributed by atoms with van der Waals surface area (Å²) in [5.41, 5.74) is 0.240. The van der Waals surface area contributed by atoms with Gasteiger partial charge in [-0.05, 0) is 6.07 Å². The first kappa shape index (κ1) is 13.4. The standard InChI is InChI=1S/C10H9BrF4O/c11-9(10(13,14)15)6-16-5-7-3-1-2-4-8(7)12/h1-4,9H,5-6H2. The zero-order chi connectivity index (χ0) is 12.2. The number of ether oxygens (including phenoxy) is 1. The van der Waals surface area contributed by atoms with Gasteiger partial charge in [0.2, 0.25) is 0 Å². The van der Waals surface area contributed by atoms with E-state index in [9.17, 15) is 17.6 Å². The predicted octanol–water partition coefficient (Wildman–Crippen LogP) is 3.67. The van der Waals surface area contributed by atoms with E-state index in [1.807, 2.05) is 0 Å². The van der Waals surface area contributed by atoms with Crippen molar-refractivity contribution in [3.05, 3.63) is 35.6 Å². The molecular weight excluding hydrogens is 292 g/mol. The van der Waals surface area contributed by atoms with Crippen molar-refractivity contribution in [2.24, 2.45) is 0 Å². The van der Waals surface area contributed by atoms with Crippen LogP contribution in [-0.4, -0.2) is 17.6 Å². The molecular formula is C10H9BrF4O. The molecule has 1 unspecified atom stereocenters. The molecule has 0 saturated carbocycles. The van der Waals surface area contributed by atoms with Gasteiger partial charge in [0.05, 0.1) is 13.2 Å². The summed E-state index contributed by atoms with van der Waals surface area (Å²) in [5, 5.41) is 0. The van der Waals surface area contributed by atoms with Gasteiger partial charge in [-0.15, -0.1) is 0 Å². The van der Waals surface area contributed by atoms with Crippen LogP contribution in [0.5, 0.6) is 0 Å². The maximum atomic E-state index is 13.0. The van der Waals surface area contributed by atoms with E-state index in [0.717, 1.165) is 0 Å². The smallest absolute Gasteiger partial charge is 0.375 e. The number of benzene rings is 1. The third-order valence-electron chi connectivity index (χ3n) is 1.83. The van der Waals surface area contributed by atoms with Gasteiger partial charge in [0.1, 0.15) is 10.6 Å². The first-order chi connectivity index (χ1) is 7.41. The van der Waals surface area contributed by atoms with Crippen LogP contribution in [-0.2, 0) is 11.3 Å². The van der Waals surface area contributed by atoms with Crippen LogP contribution in [0.2, 0.25) is 0 Å². The summed E-state index contributed by atoms with van der Waals surface area (Å²) < 4.78 is 54.0. The molecule has 0 amide bonds. The van der Waals surface area contributed by atoms with E-state index in [2.05, 4.69) is 15.9 Å². The fourth-order valence-corrected chi connectivity index (χ4v) is 1.17. The van der Waals surface area contributed by atoms with Gasteiger partial charge in [0.15, 0.2) is 0 Å². The van der Waals surface area contributed by atoms with Gasteiger partial charge in [-0.3, -0.25) is 0 Å². The molecule has 1 aromatic carbocycles. The molecule has 16 heavy (non-hydrogen) atoms. The molecule has 0 aromatic heterocycles. The van der Waals surface area contributed by atoms with Crippen molar-refractivity contribution >= 4 is 15.9 Å². The number of rotatable bonds is 4. The van der Waals surface area contributed by atoms with Crippen molar-refractivity contribution in [3.63, 3.8) is 0 Å². The first-order valence-corrected chi connectivity index (χ1v) is 5.34. The van der Waals surface area contributed by atoms with Crippen molar-refractivity contribution in [1.82, 2.24) is 0 Å². The lowest BCUT2D eigenvalue weighted by Gasteiger charge is -2.14. The molecule has 1 rings (SSSR count). The zero-order valence-corrected chi connectivity index (χ0v) is 9.69. The molecule has 1 nitrogen and oxygen atoms in total. The minimum absolute atomic E-state index is 0.176. The highest BCUT2D eigenvalue weighted by atomic mass is 79.9. The summed E-state index contributed by atoms with van der Waals surface area (Å²) in [6.45, 7) is -0.720. The second kappa shape index (κ2) is 5.63. The summed E-state index contributed by atoms with van der Waals surface area (Å²) in [7, 11) is 0. The Hall–Kier alpha value is -0.620. The molecule has 0 spiro atoms. The Kier molecular flexibility index (Phi) is 4.73. The van der Waals surface area contributed by atoms with Crippen molar-refractivity contribution in [1.29, 1.82) is 0 Å². The largest absolute Gasteiger partial charge is 0.403 e. The van der Waals surface area contributed by atoms with E-state index in [0.29, 0.717) is 0 Å². The van der Waals surface area contributed by atoms with E-state index >= 15 is 0 Å².